The molecule has 0 aliphatic carbocycles. The van der Waals surface area contributed by atoms with Gasteiger partial charge in [-0.15, -0.1) is 0 Å². The Morgan fingerprint density at radius 3 is 2.41 bits per heavy atom. The van der Waals surface area contributed by atoms with Crippen molar-refractivity contribution in [2.75, 3.05) is 39.3 Å². The number of benzene rings is 1. The van der Waals surface area contributed by atoms with Gasteiger partial charge in [0.05, 0.1) is 4.90 Å². The maximum absolute atomic E-state index is 13.1. The number of piperidine rings is 1. The summed E-state index contributed by atoms with van der Waals surface area (Å²) in [5.74, 6) is 0.636. The third-order valence-corrected chi connectivity index (χ3v) is 7.71. The normalized spacial score (nSPS) is 19.6. The quantitative estimate of drug-likeness (QED) is 0.826. The zero-order valence-electron chi connectivity index (χ0n) is 16.4. The Morgan fingerprint density at radius 2 is 1.78 bits per heavy atom. The number of hydrogen-bond donors (Lipinski definition) is 1. The minimum Gasteiger partial charge on any atom is -0.342 e. The fraction of sp³-hybridized carbons (Fsp3) is 0.650. The molecule has 0 unspecified atom stereocenters. The molecule has 6 nitrogen and oxygen atoms in total. The first-order valence-electron chi connectivity index (χ1n) is 10.00. The smallest absolute Gasteiger partial charge is 0.243 e. The summed E-state index contributed by atoms with van der Waals surface area (Å²) in [5, 5.41) is 3.36. The fourth-order valence-electron chi connectivity index (χ4n) is 4.03. The predicted octanol–water partition coefficient (Wildman–Crippen LogP) is 1.64. The van der Waals surface area contributed by atoms with Gasteiger partial charge in [0, 0.05) is 33.1 Å². The summed E-state index contributed by atoms with van der Waals surface area (Å²) in [6.07, 6.45) is 3.31. The van der Waals surface area contributed by atoms with Gasteiger partial charge in [-0.1, -0.05) is 13.0 Å². The summed E-state index contributed by atoms with van der Waals surface area (Å²) < 4.78 is 27.8. The SMILES string of the molecule is CCNCC1CCN(S(=O)(=O)c2ccc3c(c2)CCN(C(C)=O)CC3)CC1. The third-order valence-electron chi connectivity index (χ3n) is 5.82. The number of carbonyl (C=O) groups excluding carboxylic acids is 1. The zero-order valence-corrected chi connectivity index (χ0v) is 17.2. The van der Waals surface area contributed by atoms with E-state index in [0.29, 0.717) is 43.4 Å². The summed E-state index contributed by atoms with van der Waals surface area (Å²) in [5.41, 5.74) is 2.21. The molecule has 1 N–H and O–H groups in total. The molecule has 0 spiro atoms. The minimum atomic E-state index is -3.45. The van der Waals surface area contributed by atoms with Gasteiger partial charge in [-0.3, -0.25) is 4.79 Å². The highest BCUT2D eigenvalue weighted by molar-refractivity contribution is 7.89. The highest BCUT2D eigenvalue weighted by Gasteiger charge is 2.30. The van der Waals surface area contributed by atoms with Gasteiger partial charge in [-0.2, -0.15) is 4.31 Å². The molecule has 1 amide bonds. The second-order valence-electron chi connectivity index (χ2n) is 7.59. The molecule has 0 aromatic heterocycles. The van der Waals surface area contributed by atoms with Crippen LogP contribution in [0.4, 0.5) is 0 Å². The number of nitrogens with one attached hydrogen (secondary N) is 1. The van der Waals surface area contributed by atoms with Gasteiger partial charge < -0.3 is 10.2 Å². The summed E-state index contributed by atoms with van der Waals surface area (Å²) in [7, 11) is -3.45. The molecule has 2 aliphatic heterocycles. The third kappa shape index (κ3) is 4.70. The van der Waals surface area contributed by atoms with Crippen LogP contribution < -0.4 is 5.32 Å². The molecule has 1 aromatic carbocycles. The van der Waals surface area contributed by atoms with Gasteiger partial charge in [0.2, 0.25) is 15.9 Å². The van der Waals surface area contributed by atoms with Gasteiger partial charge in [0.15, 0.2) is 0 Å². The topological polar surface area (TPSA) is 69.7 Å². The van der Waals surface area contributed by atoms with Crippen LogP contribution in [0, 0.1) is 5.92 Å². The molecule has 27 heavy (non-hydrogen) atoms. The van der Waals surface area contributed by atoms with Crippen molar-refractivity contribution in [1.82, 2.24) is 14.5 Å². The molecule has 1 aromatic rings. The van der Waals surface area contributed by atoms with Crippen LogP contribution in [0.3, 0.4) is 0 Å². The largest absolute Gasteiger partial charge is 0.342 e. The minimum absolute atomic E-state index is 0.0797. The van der Waals surface area contributed by atoms with E-state index in [0.717, 1.165) is 43.5 Å². The lowest BCUT2D eigenvalue weighted by atomic mass is 9.98. The standard InChI is InChI=1S/C20H31N3O3S/c1-3-21-15-17-6-12-23(13-7-17)27(25,26)20-5-4-18-8-10-22(16(2)24)11-9-19(18)14-20/h4-5,14,17,21H,3,6-13,15H2,1-2H3. The molecule has 2 heterocycles. The van der Waals surface area contributed by atoms with Crippen molar-refractivity contribution in [3.05, 3.63) is 29.3 Å². The first-order valence-corrected chi connectivity index (χ1v) is 11.4. The van der Waals surface area contributed by atoms with Crippen LogP contribution in [0.2, 0.25) is 0 Å². The van der Waals surface area contributed by atoms with Crippen LogP contribution in [-0.4, -0.2) is 62.8 Å². The second-order valence-corrected chi connectivity index (χ2v) is 9.53. The first-order chi connectivity index (χ1) is 12.9. The van der Waals surface area contributed by atoms with E-state index in [4.69, 9.17) is 0 Å². The summed E-state index contributed by atoms with van der Waals surface area (Å²) in [6.45, 7) is 8.14. The van der Waals surface area contributed by atoms with E-state index in [9.17, 15) is 13.2 Å². The van der Waals surface area contributed by atoms with Crippen molar-refractivity contribution >= 4 is 15.9 Å². The van der Waals surface area contributed by atoms with Crippen molar-refractivity contribution in [2.45, 2.75) is 44.4 Å². The first kappa shape index (κ1) is 20.3. The predicted molar refractivity (Wildman–Crippen MR) is 106 cm³/mol. The molecule has 150 valence electrons. The molecule has 1 fully saturated rings. The number of fused-ring (bicyclic) bond motifs is 1. The number of rotatable bonds is 5. The summed E-state index contributed by atoms with van der Waals surface area (Å²) in [4.78, 5) is 13.9. The lowest BCUT2D eigenvalue weighted by molar-refractivity contribution is -0.128. The van der Waals surface area contributed by atoms with E-state index < -0.39 is 10.0 Å². The summed E-state index contributed by atoms with van der Waals surface area (Å²) in [6, 6.07) is 5.51. The van der Waals surface area contributed by atoms with Crippen molar-refractivity contribution in [2.24, 2.45) is 5.92 Å². The molecule has 0 bridgehead atoms. The van der Waals surface area contributed by atoms with Gasteiger partial charge in [0.1, 0.15) is 0 Å². The van der Waals surface area contributed by atoms with Gasteiger partial charge >= 0.3 is 0 Å². The Bertz CT molecular complexity index is 771. The Labute approximate surface area is 163 Å². The number of amides is 1. The molecule has 3 rings (SSSR count). The lowest BCUT2D eigenvalue weighted by Gasteiger charge is -2.31. The molecule has 0 radical (unpaired) electrons. The van der Waals surface area contributed by atoms with Crippen molar-refractivity contribution < 1.29 is 13.2 Å². The average Bonchev–Trinajstić information content (AvgIpc) is 2.89. The van der Waals surface area contributed by atoms with Crippen LogP contribution in [0.25, 0.3) is 0 Å². The molecule has 0 atom stereocenters. The van der Waals surface area contributed by atoms with Crippen molar-refractivity contribution in [1.29, 1.82) is 0 Å². The highest BCUT2D eigenvalue weighted by atomic mass is 32.2. The van der Waals surface area contributed by atoms with Crippen LogP contribution in [0.15, 0.2) is 23.1 Å². The number of hydrogen-bond acceptors (Lipinski definition) is 4. The Morgan fingerprint density at radius 1 is 1.11 bits per heavy atom. The monoisotopic (exact) mass is 393 g/mol. The number of carbonyl (C=O) groups is 1. The zero-order chi connectivity index (χ0) is 19.4. The van der Waals surface area contributed by atoms with Gasteiger partial charge in [-0.05, 0) is 68.0 Å². The summed E-state index contributed by atoms with van der Waals surface area (Å²) >= 11 is 0. The van der Waals surface area contributed by atoms with Crippen molar-refractivity contribution in [3.8, 4) is 0 Å². The molecular formula is C20H31N3O3S. The van der Waals surface area contributed by atoms with E-state index in [2.05, 4.69) is 12.2 Å². The number of nitrogens with zero attached hydrogens (tertiary/aromatic N) is 2. The maximum atomic E-state index is 13.1. The van der Waals surface area contributed by atoms with Gasteiger partial charge in [0.25, 0.3) is 0 Å². The molecular weight excluding hydrogens is 362 g/mol. The Kier molecular flexibility index (Phi) is 6.55. The Balaban J connectivity index is 1.71. The van der Waals surface area contributed by atoms with Crippen LogP contribution in [0.1, 0.15) is 37.8 Å². The van der Waals surface area contributed by atoms with E-state index in [-0.39, 0.29) is 5.91 Å². The average molecular weight is 394 g/mol. The number of sulfonamides is 1. The van der Waals surface area contributed by atoms with E-state index in [1.54, 1.807) is 17.3 Å². The molecule has 7 heteroatoms. The fourth-order valence-corrected chi connectivity index (χ4v) is 5.55. The van der Waals surface area contributed by atoms with E-state index in [1.807, 2.05) is 17.0 Å². The van der Waals surface area contributed by atoms with Crippen LogP contribution in [0.5, 0.6) is 0 Å². The molecule has 0 saturated carbocycles. The molecule has 1 saturated heterocycles. The highest BCUT2D eigenvalue weighted by Crippen LogP contribution is 2.26. The van der Waals surface area contributed by atoms with E-state index in [1.165, 1.54) is 0 Å². The Hall–Kier alpha value is -1.44. The van der Waals surface area contributed by atoms with Crippen LogP contribution in [-0.2, 0) is 27.7 Å². The molecule has 2 aliphatic rings. The second kappa shape index (κ2) is 8.71. The van der Waals surface area contributed by atoms with Crippen molar-refractivity contribution in [3.63, 3.8) is 0 Å². The maximum Gasteiger partial charge on any atom is 0.243 e. The van der Waals surface area contributed by atoms with Crippen LogP contribution >= 0.6 is 0 Å². The lowest BCUT2D eigenvalue weighted by Crippen LogP contribution is -2.40. The van der Waals surface area contributed by atoms with Gasteiger partial charge in [-0.25, -0.2) is 8.42 Å². The van der Waals surface area contributed by atoms with E-state index >= 15 is 0 Å².